The van der Waals surface area contributed by atoms with E-state index in [4.69, 9.17) is 0 Å². The van der Waals surface area contributed by atoms with Gasteiger partial charge in [-0.05, 0) is 48.4 Å². The number of amides is 2. The van der Waals surface area contributed by atoms with E-state index in [1.807, 2.05) is 55.5 Å². The van der Waals surface area contributed by atoms with Crippen molar-refractivity contribution in [2.24, 2.45) is 0 Å². The molecule has 0 radical (unpaired) electrons. The molecule has 0 aliphatic heterocycles. The molecular formula is C19H18N4O. The van der Waals surface area contributed by atoms with Crippen molar-refractivity contribution in [3.8, 4) is 11.3 Å². The van der Waals surface area contributed by atoms with Crippen LogP contribution in [0.15, 0.2) is 67.1 Å². The van der Waals surface area contributed by atoms with Crippen LogP contribution in [-0.4, -0.2) is 16.0 Å². The molecular weight excluding hydrogens is 300 g/mol. The van der Waals surface area contributed by atoms with Crippen LogP contribution in [0.5, 0.6) is 0 Å². The fourth-order valence-corrected chi connectivity index (χ4v) is 2.42. The van der Waals surface area contributed by atoms with Crippen LogP contribution in [0.4, 0.5) is 10.5 Å². The SMILES string of the molecule is Cc1cccc(NC(=O)NCc2cccnc2-c2cccnc2)c1. The average molecular weight is 318 g/mol. The van der Waals surface area contributed by atoms with Crippen LogP contribution in [0, 0.1) is 6.92 Å². The molecule has 0 bridgehead atoms. The number of urea groups is 1. The van der Waals surface area contributed by atoms with Crippen LogP contribution in [0.3, 0.4) is 0 Å². The quantitative estimate of drug-likeness (QED) is 0.769. The van der Waals surface area contributed by atoms with Crippen LogP contribution in [0.2, 0.25) is 0 Å². The maximum absolute atomic E-state index is 12.1. The first-order chi connectivity index (χ1) is 11.7. The number of pyridine rings is 2. The van der Waals surface area contributed by atoms with Crippen LogP contribution < -0.4 is 10.6 Å². The topological polar surface area (TPSA) is 66.9 Å². The molecule has 3 rings (SSSR count). The van der Waals surface area contributed by atoms with Crippen molar-refractivity contribution in [2.75, 3.05) is 5.32 Å². The minimum absolute atomic E-state index is 0.249. The third kappa shape index (κ3) is 3.95. The lowest BCUT2D eigenvalue weighted by atomic mass is 10.1. The Kier molecular flexibility index (Phi) is 4.81. The van der Waals surface area contributed by atoms with Crippen LogP contribution >= 0.6 is 0 Å². The molecule has 3 aromatic rings. The minimum Gasteiger partial charge on any atom is -0.334 e. The zero-order valence-electron chi connectivity index (χ0n) is 13.4. The lowest BCUT2D eigenvalue weighted by Gasteiger charge is -2.11. The van der Waals surface area contributed by atoms with Gasteiger partial charge in [0.2, 0.25) is 0 Å². The van der Waals surface area contributed by atoms with Gasteiger partial charge in [0.1, 0.15) is 0 Å². The smallest absolute Gasteiger partial charge is 0.319 e. The molecule has 0 unspecified atom stereocenters. The van der Waals surface area contributed by atoms with E-state index in [1.54, 1.807) is 18.6 Å². The Morgan fingerprint density at radius 1 is 1.08 bits per heavy atom. The molecule has 1 aromatic carbocycles. The van der Waals surface area contributed by atoms with E-state index in [-0.39, 0.29) is 6.03 Å². The Hall–Kier alpha value is -3.21. The third-order valence-electron chi connectivity index (χ3n) is 3.54. The van der Waals surface area contributed by atoms with Crippen LogP contribution in [0.25, 0.3) is 11.3 Å². The number of anilines is 1. The van der Waals surface area contributed by atoms with Crippen molar-refractivity contribution < 1.29 is 4.79 Å². The van der Waals surface area contributed by atoms with E-state index < -0.39 is 0 Å². The third-order valence-corrected chi connectivity index (χ3v) is 3.54. The fraction of sp³-hybridized carbons (Fsp3) is 0.105. The molecule has 0 aliphatic rings. The van der Waals surface area contributed by atoms with Gasteiger partial charge in [-0.15, -0.1) is 0 Å². The van der Waals surface area contributed by atoms with E-state index in [1.165, 1.54) is 0 Å². The molecule has 2 amide bonds. The van der Waals surface area contributed by atoms with Crippen LogP contribution in [0.1, 0.15) is 11.1 Å². The van der Waals surface area contributed by atoms with E-state index in [9.17, 15) is 4.79 Å². The predicted octanol–water partition coefficient (Wildman–Crippen LogP) is 3.77. The molecule has 2 aromatic heterocycles. The summed E-state index contributed by atoms with van der Waals surface area (Å²) >= 11 is 0. The van der Waals surface area contributed by atoms with Crippen molar-refractivity contribution in [3.63, 3.8) is 0 Å². The number of aromatic nitrogens is 2. The van der Waals surface area contributed by atoms with Gasteiger partial charge in [-0.1, -0.05) is 18.2 Å². The Morgan fingerprint density at radius 3 is 2.75 bits per heavy atom. The van der Waals surface area contributed by atoms with Gasteiger partial charge in [0, 0.05) is 36.4 Å². The molecule has 24 heavy (non-hydrogen) atoms. The summed E-state index contributed by atoms with van der Waals surface area (Å²) in [6.45, 7) is 2.37. The van der Waals surface area contributed by atoms with E-state index in [0.717, 1.165) is 28.1 Å². The largest absolute Gasteiger partial charge is 0.334 e. The fourth-order valence-electron chi connectivity index (χ4n) is 2.42. The molecule has 0 spiro atoms. The highest BCUT2D eigenvalue weighted by molar-refractivity contribution is 5.89. The molecule has 0 fully saturated rings. The standard InChI is InChI=1S/C19H18N4O/c1-14-5-2-8-17(11-14)23-19(24)22-13-16-7-4-10-21-18(16)15-6-3-9-20-12-15/h2-12H,13H2,1H3,(H2,22,23,24). The molecule has 0 saturated heterocycles. The van der Waals surface area contributed by atoms with E-state index in [0.29, 0.717) is 6.54 Å². The summed E-state index contributed by atoms with van der Waals surface area (Å²) < 4.78 is 0. The van der Waals surface area contributed by atoms with E-state index >= 15 is 0 Å². The summed E-state index contributed by atoms with van der Waals surface area (Å²) in [5.74, 6) is 0. The number of carbonyl (C=O) groups excluding carboxylic acids is 1. The second kappa shape index (κ2) is 7.37. The number of nitrogens with zero attached hydrogens (tertiary/aromatic N) is 2. The van der Waals surface area contributed by atoms with Crippen molar-refractivity contribution >= 4 is 11.7 Å². The number of hydrogen-bond acceptors (Lipinski definition) is 3. The molecule has 2 N–H and O–H groups in total. The van der Waals surface area contributed by atoms with Crippen molar-refractivity contribution in [1.29, 1.82) is 0 Å². The summed E-state index contributed by atoms with van der Waals surface area (Å²) in [4.78, 5) is 20.6. The van der Waals surface area contributed by atoms with Gasteiger partial charge in [-0.2, -0.15) is 0 Å². The summed E-state index contributed by atoms with van der Waals surface area (Å²) in [5, 5.41) is 5.70. The number of aryl methyl sites for hydroxylation is 1. The monoisotopic (exact) mass is 318 g/mol. The van der Waals surface area contributed by atoms with Crippen molar-refractivity contribution in [1.82, 2.24) is 15.3 Å². The van der Waals surface area contributed by atoms with Crippen molar-refractivity contribution in [2.45, 2.75) is 13.5 Å². The molecule has 0 atom stereocenters. The molecule has 2 heterocycles. The molecule has 5 heteroatoms. The number of benzene rings is 1. The summed E-state index contributed by atoms with van der Waals surface area (Å²) in [6.07, 6.45) is 5.22. The van der Waals surface area contributed by atoms with Gasteiger partial charge in [0.25, 0.3) is 0 Å². The summed E-state index contributed by atoms with van der Waals surface area (Å²) in [5.41, 5.74) is 4.55. The first-order valence-electron chi connectivity index (χ1n) is 7.68. The Bertz CT molecular complexity index is 834. The maximum atomic E-state index is 12.1. The number of rotatable bonds is 4. The Balaban J connectivity index is 1.68. The normalized spacial score (nSPS) is 10.2. The van der Waals surface area contributed by atoms with Gasteiger partial charge >= 0.3 is 6.03 Å². The summed E-state index contributed by atoms with van der Waals surface area (Å²) in [6, 6.07) is 15.0. The lowest BCUT2D eigenvalue weighted by molar-refractivity contribution is 0.252. The number of carbonyl (C=O) groups is 1. The second-order valence-corrected chi connectivity index (χ2v) is 5.43. The van der Waals surface area contributed by atoms with Gasteiger partial charge in [-0.25, -0.2) is 4.79 Å². The zero-order chi connectivity index (χ0) is 16.8. The highest BCUT2D eigenvalue weighted by Gasteiger charge is 2.08. The van der Waals surface area contributed by atoms with Gasteiger partial charge < -0.3 is 10.6 Å². The maximum Gasteiger partial charge on any atom is 0.319 e. The van der Waals surface area contributed by atoms with Gasteiger partial charge in [0.05, 0.1) is 5.69 Å². The molecule has 0 aliphatic carbocycles. The van der Waals surface area contributed by atoms with Crippen molar-refractivity contribution in [3.05, 3.63) is 78.2 Å². The van der Waals surface area contributed by atoms with Gasteiger partial charge in [-0.3, -0.25) is 9.97 Å². The Labute approximate surface area is 140 Å². The average Bonchev–Trinajstić information content (AvgIpc) is 2.61. The minimum atomic E-state index is -0.249. The Morgan fingerprint density at radius 2 is 1.96 bits per heavy atom. The highest BCUT2D eigenvalue weighted by atomic mass is 16.2. The van der Waals surface area contributed by atoms with Crippen LogP contribution in [-0.2, 0) is 6.54 Å². The number of hydrogen-bond donors (Lipinski definition) is 2. The lowest BCUT2D eigenvalue weighted by Crippen LogP contribution is -2.28. The number of nitrogens with one attached hydrogen (secondary N) is 2. The summed E-state index contributed by atoms with van der Waals surface area (Å²) in [7, 11) is 0. The molecule has 0 saturated carbocycles. The zero-order valence-corrected chi connectivity index (χ0v) is 13.4. The van der Waals surface area contributed by atoms with E-state index in [2.05, 4.69) is 20.6 Å². The first-order valence-corrected chi connectivity index (χ1v) is 7.68. The second-order valence-electron chi connectivity index (χ2n) is 5.43. The molecule has 5 nitrogen and oxygen atoms in total. The predicted molar refractivity (Wildman–Crippen MR) is 94.5 cm³/mol. The molecule has 120 valence electrons. The highest BCUT2D eigenvalue weighted by Crippen LogP contribution is 2.19. The first kappa shape index (κ1) is 15.7. The van der Waals surface area contributed by atoms with Gasteiger partial charge in [0.15, 0.2) is 0 Å².